The van der Waals surface area contributed by atoms with E-state index in [-0.39, 0.29) is 5.91 Å². The predicted octanol–water partition coefficient (Wildman–Crippen LogP) is 3.08. The number of carbonyl (C=O) groups excluding carboxylic acids is 1. The van der Waals surface area contributed by atoms with Crippen LogP contribution in [0.3, 0.4) is 0 Å². The first-order chi connectivity index (χ1) is 12.2. The van der Waals surface area contributed by atoms with Gasteiger partial charge in [0.2, 0.25) is 5.27 Å². The van der Waals surface area contributed by atoms with E-state index in [0.717, 1.165) is 48.0 Å². The van der Waals surface area contributed by atoms with Crippen LogP contribution in [0, 0.1) is 0 Å². The van der Waals surface area contributed by atoms with Crippen LogP contribution in [0.15, 0.2) is 22.9 Å². The molecule has 1 saturated carbocycles. The Balaban J connectivity index is 1.56. The molecule has 0 spiro atoms. The summed E-state index contributed by atoms with van der Waals surface area (Å²) < 4.78 is 6.91. The number of nitrogens with zero attached hydrogens (tertiary/aromatic N) is 3. The summed E-state index contributed by atoms with van der Waals surface area (Å²) in [6, 6.07) is 4.33. The molecule has 3 heterocycles. The zero-order chi connectivity index (χ0) is 17.4. The van der Waals surface area contributed by atoms with Gasteiger partial charge in [-0.15, -0.1) is 11.3 Å². The summed E-state index contributed by atoms with van der Waals surface area (Å²) in [7, 11) is 0. The number of amides is 1. The van der Waals surface area contributed by atoms with Crippen molar-refractivity contribution in [2.75, 3.05) is 11.1 Å². The third kappa shape index (κ3) is 3.21. The van der Waals surface area contributed by atoms with Crippen LogP contribution in [0.1, 0.15) is 54.0 Å². The number of fused-ring (bicyclic) bond motifs is 1. The van der Waals surface area contributed by atoms with Crippen LogP contribution < -0.4 is 15.7 Å². The lowest BCUT2D eigenvalue weighted by molar-refractivity contribution is -0.765. The fourth-order valence-corrected chi connectivity index (χ4v) is 3.70. The molecule has 1 fully saturated rings. The Morgan fingerprint density at radius 1 is 1.48 bits per heavy atom. The summed E-state index contributed by atoms with van der Waals surface area (Å²) in [5, 5.41) is 7.46. The maximum atomic E-state index is 12.6. The first-order valence-electron chi connectivity index (χ1n) is 8.53. The quantitative estimate of drug-likeness (QED) is 0.660. The van der Waals surface area contributed by atoms with Gasteiger partial charge in [-0.05, 0) is 29.7 Å². The summed E-state index contributed by atoms with van der Waals surface area (Å²) in [6.45, 7) is 2.15. The number of nitrogens with one attached hydrogen (secondary N) is 1. The molecule has 0 radical (unpaired) electrons. The Morgan fingerprint density at radius 3 is 3.08 bits per heavy atom. The molecule has 0 bridgehead atoms. The van der Waals surface area contributed by atoms with Gasteiger partial charge in [-0.1, -0.05) is 13.3 Å². The highest BCUT2D eigenvalue weighted by molar-refractivity contribution is 7.21. The molecule has 3 aromatic rings. The molecular weight excluding hydrogens is 338 g/mol. The van der Waals surface area contributed by atoms with Crippen molar-refractivity contribution in [2.45, 2.75) is 45.1 Å². The molecular formula is C17H20N5O2S+. The maximum absolute atomic E-state index is 12.6. The minimum Gasteiger partial charge on any atom is -0.397 e. The number of pyridine rings is 1. The zero-order valence-electron chi connectivity index (χ0n) is 14.0. The van der Waals surface area contributed by atoms with E-state index in [2.05, 4.69) is 22.5 Å². The van der Waals surface area contributed by atoms with Crippen molar-refractivity contribution in [3.8, 4) is 0 Å². The molecule has 4 rings (SSSR count). The van der Waals surface area contributed by atoms with Gasteiger partial charge in [0.05, 0.1) is 5.69 Å². The summed E-state index contributed by atoms with van der Waals surface area (Å²) in [5.74, 6) is 0.0278. The van der Waals surface area contributed by atoms with E-state index in [4.69, 9.17) is 10.3 Å². The number of aryl methyl sites for hydroxylation is 1. The minimum absolute atomic E-state index is 0.297. The van der Waals surface area contributed by atoms with E-state index in [9.17, 15) is 4.79 Å². The standard InChI is InChI=1S/C17H19N5O2S/c1-2-3-4-10-5-8-12-14(18)15(25-17(12)19-10)16(23)20-13-9-22(21-24-13)11-6-7-11/h5,8-9,11H,2-4,6-7H2,1H3,(H2-,18,20,21,23)/p+1. The molecule has 0 unspecified atom stereocenters. The smallest absolute Gasteiger partial charge is 0.302 e. The summed E-state index contributed by atoms with van der Waals surface area (Å²) >= 11 is 1.31. The second-order valence-electron chi connectivity index (χ2n) is 6.34. The number of hydrogen-bond acceptors (Lipinski definition) is 6. The Bertz CT molecular complexity index is 928. The van der Waals surface area contributed by atoms with Crippen LogP contribution >= 0.6 is 11.3 Å². The highest BCUT2D eigenvalue weighted by Crippen LogP contribution is 2.33. The number of unbranched alkanes of at least 4 members (excludes halogenated alkanes) is 1. The summed E-state index contributed by atoms with van der Waals surface area (Å²) in [6.07, 6.45) is 7.06. The van der Waals surface area contributed by atoms with E-state index in [1.807, 2.05) is 12.1 Å². The molecule has 1 aliphatic rings. The number of hydrogen-bond donors (Lipinski definition) is 2. The van der Waals surface area contributed by atoms with Gasteiger partial charge in [-0.2, -0.15) is 0 Å². The van der Waals surface area contributed by atoms with Crippen LogP contribution in [0.25, 0.3) is 10.2 Å². The number of anilines is 2. The van der Waals surface area contributed by atoms with E-state index >= 15 is 0 Å². The Hall–Kier alpha value is -2.48. The van der Waals surface area contributed by atoms with Crippen LogP contribution in [-0.2, 0) is 6.42 Å². The number of nitrogens with two attached hydrogens (primary N) is 1. The van der Waals surface area contributed by atoms with Crippen molar-refractivity contribution in [1.82, 2.24) is 10.3 Å². The molecule has 3 aromatic heterocycles. The van der Waals surface area contributed by atoms with Crippen molar-refractivity contribution < 1.29 is 14.0 Å². The molecule has 0 atom stereocenters. The SMILES string of the molecule is CCCCc1ccc2c(N)c(C(=O)Nc3c[n+](C4CC4)no3)sc2n1. The Labute approximate surface area is 148 Å². The van der Waals surface area contributed by atoms with E-state index < -0.39 is 0 Å². The molecule has 1 amide bonds. The number of carbonyl (C=O) groups is 1. The molecule has 0 saturated heterocycles. The first kappa shape index (κ1) is 16.0. The van der Waals surface area contributed by atoms with Gasteiger partial charge in [0.1, 0.15) is 9.71 Å². The largest absolute Gasteiger partial charge is 0.397 e. The van der Waals surface area contributed by atoms with Crippen molar-refractivity contribution >= 4 is 39.0 Å². The number of rotatable bonds is 6. The lowest BCUT2D eigenvalue weighted by atomic mass is 10.1. The number of thiophene rings is 1. The number of nitrogen functional groups attached to an aromatic ring is 1. The first-order valence-corrected chi connectivity index (χ1v) is 9.34. The molecule has 8 heteroatoms. The van der Waals surface area contributed by atoms with Crippen molar-refractivity contribution in [2.24, 2.45) is 0 Å². The number of aromatic nitrogens is 3. The van der Waals surface area contributed by atoms with Crippen molar-refractivity contribution in [3.63, 3.8) is 0 Å². The molecule has 0 aromatic carbocycles. The van der Waals surface area contributed by atoms with Gasteiger partial charge >= 0.3 is 5.88 Å². The third-order valence-electron chi connectivity index (χ3n) is 4.28. The van der Waals surface area contributed by atoms with Crippen molar-refractivity contribution in [3.05, 3.63) is 28.9 Å². The van der Waals surface area contributed by atoms with E-state index in [1.165, 1.54) is 11.3 Å². The molecule has 0 aliphatic heterocycles. The van der Waals surface area contributed by atoms with Crippen LogP contribution in [0.4, 0.5) is 11.6 Å². The monoisotopic (exact) mass is 358 g/mol. The van der Waals surface area contributed by atoms with Crippen LogP contribution in [-0.4, -0.2) is 16.2 Å². The van der Waals surface area contributed by atoms with Gasteiger partial charge in [-0.3, -0.25) is 14.6 Å². The Kier molecular flexibility index (Phi) is 4.12. The van der Waals surface area contributed by atoms with Gasteiger partial charge in [0.15, 0.2) is 6.04 Å². The highest BCUT2D eigenvalue weighted by atomic mass is 32.1. The average Bonchev–Trinajstić information content (AvgIpc) is 3.28. The highest BCUT2D eigenvalue weighted by Gasteiger charge is 2.36. The van der Waals surface area contributed by atoms with Crippen LogP contribution in [0.2, 0.25) is 0 Å². The van der Waals surface area contributed by atoms with E-state index in [1.54, 1.807) is 10.9 Å². The average molecular weight is 358 g/mol. The maximum Gasteiger partial charge on any atom is 0.302 e. The van der Waals surface area contributed by atoms with Crippen LogP contribution in [0.5, 0.6) is 0 Å². The summed E-state index contributed by atoms with van der Waals surface area (Å²) in [4.78, 5) is 18.4. The molecule has 3 N–H and O–H groups in total. The van der Waals surface area contributed by atoms with Crippen molar-refractivity contribution in [1.29, 1.82) is 0 Å². The van der Waals surface area contributed by atoms with Gasteiger partial charge in [-0.25, -0.2) is 4.98 Å². The fourth-order valence-electron chi connectivity index (χ4n) is 2.69. The molecule has 130 valence electrons. The lowest BCUT2D eigenvalue weighted by Crippen LogP contribution is -2.32. The van der Waals surface area contributed by atoms with E-state index in [0.29, 0.717) is 22.5 Å². The Morgan fingerprint density at radius 2 is 2.32 bits per heavy atom. The normalized spacial score (nSPS) is 14.1. The molecule has 7 nitrogen and oxygen atoms in total. The third-order valence-corrected chi connectivity index (χ3v) is 5.40. The lowest BCUT2D eigenvalue weighted by Gasteiger charge is -1.99. The fraction of sp³-hybridized carbons (Fsp3) is 0.412. The molecule has 25 heavy (non-hydrogen) atoms. The minimum atomic E-state index is -0.297. The topological polar surface area (TPSA) is 97.9 Å². The van der Waals surface area contributed by atoms with Gasteiger partial charge in [0, 0.05) is 23.9 Å². The molecule has 1 aliphatic carbocycles. The summed E-state index contributed by atoms with van der Waals surface area (Å²) in [5.41, 5.74) is 7.66. The second kappa shape index (κ2) is 6.44. The van der Waals surface area contributed by atoms with Gasteiger partial charge in [0.25, 0.3) is 12.1 Å². The zero-order valence-corrected chi connectivity index (χ0v) is 14.8. The van der Waals surface area contributed by atoms with Gasteiger partial charge < -0.3 is 5.73 Å². The second-order valence-corrected chi connectivity index (χ2v) is 7.33. The predicted molar refractivity (Wildman–Crippen MR) is 95.6 cm³/mol.